The van der Waals surface area contributed by atoms with Gasteiger partial charge in [-0.15, -0.1) is 0 Å². The van der Waals surface area contributed by atoms with Crippen molar-refractivity contribution >= 4 is 50.8 Å². The highest BCUT2D eigenvalue weighted by atomic mass is 35.5. The Morgan fingerprint density at radius 2 is 2.15 bits per heavy atom. The monoisotopic (exact) mass is 401 g/mol. The molecule has 3 rings (SSSR count). The summed E-state index contributed by atoms with van der Waals surface area (Å²) >= 11 is 7.46. The molecule has 6 nitrogen and oxygen atoms in total. The zero-order valence-electron chi connectivity index (χ0n) is 14.5. The normalized spacial score (nSPS) is 12.1. The third kappa shape index (κ3) is 4.50. The molecule has 0 saturated carbocycles. The van der Waals surface area contributed by atoms with Gasteiger partial charge in [-0.3, -0.25) is 14.9 Å². The zero-order valence-corrected chi connectivity index (χ0v) is 16.0. The first kappa shape index (κ1) is 19.0. The van der Waals surface area contributed by atoms with Gasteiger partial charge in [-0.25, -0.2) is 0 Å². The number of aromatic nitrogens is 1. The van der Waals surface area contributed by atoms with Crippen LogP contribution < -0.4 is 4.80 Å². The van der Waals surface area contributed by atoms with Crippen LogP contribution in [0.4, 0.5) is 5.69 Å². The first-order valence-electron chi connectivity index (χ1n) is 8.28. The molecule has 0 saturated heterocycles. The van der Waals surface area contributed by atoms with E-state index in [1.54, 1.807) is 12.1 Å². The number of benzene rings is 2. The Morgan fingerprint density at radius 3 is 2.89 bits per heavy atom. The lowest BCUT2D eigenvalue weighted by atomic mass is 10.2. The van der Waals surface area contributed by atoms with Crippen molar-refractivity contribution in [1.82, 2.24) is 4.57 Å². The van der Waals surface area contributed by atoms with E-state index in [1.165, 1.54) is 35.6 Å². The van der Waals surface area contributed by atoms with Crippen molar-refractivity contribution in [3.8, 4) is 0 Å². The number of nitro groups is 1. The standard InChI is InChI=1S/C19H16ClN3O3S/c1-2-10-22-16-8-7-14(20)12-17(16)27-19(22)21-18(24)9-6-13-4-3-5-15(11-13)23(25)26/h3-9,11-12H,2,10H2,1H3/b9-6+,21-19?. The summed E-state index contributed by atoms with van der Waals surface area (Å²) in [5.41, 5.74) is 1.53. The molecule has 1 heterocycles. The second kappa shape index (κ2) is 8.28. The molecule has 0 unspecified atom stereocenters. The quantitative estimate of drug-likeness (QED) is 0.349. The molecule has 138 valence electrons. The van der Waals surface area contributed by atoms with E-state index < -0.39 is 10.8 Å². The van der Waals surface area contributed by atoms with Crippen molar-refractivity contribution < 1.29 is 9.72 Å². The van der Waals surface area contributed by atoms with E-state index in [4.69, 9.17) is 11.6 Å². The van der Waals surface area contributed by atoms with Crippen molar-refractivity contribution in [1.29, 1.82) is 0 Å². The smallest absolute Gasteiger partial charge is 0.272 e. The Bertz CT molecular complexity index is 1110. The maximum Gasteiger partial charge on any atom is 0.272 e. The molecule has 1 aromatic heterocycles. The van der Waals surface area contributed by atoms with Crippen LogP contribution in [0.2, 0.25) is 5.02 Å². The third-order valence-electron chi connectivity index (χ3n) is 3.80. The van der Waals surface area contributed by atoms with Crippen molar-refractivity contribution in [2.24, 2.45) is 4.99 Å². The van der Waals surface area contributed by atoms with Crippen LogP contribution in [0.15, 0.2) is 53.5 Å². The molecule has 27 heavy (non-hydrogen) atoms. The minimum atomic E-state index is -0.473. The van der Waals surface area contributed by atoms with E-state index in [0.29, 0.717) is 15.4 Å². The Kier molecular flexibility index (Phi) is 5.83. The summed E-state index contributed by atoms with van der Waals surface area (Å²) in [5, 5.41) is 11.5. The van der Waals surface area contributed by atoms with Crippen LogP contribution in [0, 0.1) is 10.1 Å². The Balaban J connectivity index is 1.94. The van der Waals surface area contributed by atoms with Crippen LogP contribution >= 0.6 is 22.9 Å². The topological polar surface area (TPSA) is 77.5 Å². The van der Waals surface area contributed by atoms with Crippen LogP contribution in [0.25, 0.3) is 16.3 Å². The fourth-order valence-corrected chi connectivity index (χ4v) is 3.95. The predicted octanol–water partition coefficient (Wildman–Crippen LogP) is 4.82. The van der Waals surface area contributed by atoms with Crippen LogP contribution in [-0.2, 0) is 11.3 Å². The number of carbonyl (C=O) groups excluding carboxylic acids is 1. The van der Waals surface area contributed by atoms with Gasteiger partial charge < -0.3 is 4.57 Å². The van der Waals surface area contributed by atoms with E-state index in [0.717, 1.165) is 23.2 Å². The van der Waals surface area contributed by atoms with Gasteiger partial charge in [0.05, 0.1) is 15.1 Å². The fourth-order valence-electron chi connectivity index (χ4n) is 2.61. The number of fused-ring (bicyclic) bond motifs is 1. The second-order valence-electron chi connectivity index (χ2n) is 5.78. The highest BCUT2D eigenvalue weighted by Crippen LogP contribution is 2.22. The van der Waals surface area contributed by atoms with E-state index in [1.807, 2.05) is 22.8 Å². The predicted molar refractivity (Wildman–Crippen MR) is 108 cm³/mol. The van der Waals surface area contributed by atoms with Crippen molar-refractivity contribution in [2.75, 3.05) is 0 Å². The molecule has 8 heteroatoms. The van der Waals surface area contributed by atoms with E-state index >= 15 is 0 Å². The molecule has 0 N–H and O–H groups in total. The Hall–Kier alpha value is -2.77. The molecule has 0 atom stereocenters. The summed E-state index contributed by atoms with van der Waals surface area (Å²) in [7, 11) is 0. The number of amides is 1. The first-order valence-corrected chi connectivity index (χ1v) is 9.47. The highest BCUT2D eigenvalue weighted by molar-refractivity contribution is 7.16. The second-order valence-corrected chi connectivity index (χ2v) is 7.23. The summed E-state index contributed by atoms with van der Waals surface area (Å²) in [4.78, 5) is 27.4. The van der Waals surface area contributed by atoms with Gasteiger partial charge in [0.1, 0.15) is 0 Å². The zero-order chi connectivity index (χ0) is 19.4. The number of carbonyl (C=O) groups is 1. The molecule has 0 spiro atoms. The molecule has 3 aromatic rings. The van der Waals surface area contributed by atoms with Gasteiger partial charge in [0.2, 0.25) is 0 Å². The summed E-state index contributed by atoms with van der Waals surface area (Å²) in [6.07, 6.45) is 3.74. The molecular formula is C19H16ClN3O3S. The number of nitro benzene ring substituents is 1. The number of nitrogens with zero attached hydrogens (tertiary/aromatic N) is 3. The number of hydrogen-bond donors (Lipinski definition) is 0. The maximum absolute atomic E-state index is 12.3. The molecular weight excluding hydrogens is 386 g/mol. The molecule has 0 aliphatic carbocycles. The number of non-ortho nitro benzene ring substituents is 1. The van der Waals surface area contributed by atoms with Gasteiger partial charge in [0.25, 0.3) is 11.6 Å². The van der Waals surface area contributed by atoms with Crippen LogP contribution in [0.1, 0.15) is 18.9 Å². The molecule has 0 bridgehead atoms. The lowest BCUT2D eigenvalue weighted by Crippen LogP contribution is -2.16. The summed E-state index contributed by atoms with van der Waals surface area (Å²) in [6, 6.07) is 11.7. The molecule has 1 amide bonds. The summed E-state index contributed by atoms with van der Waals surface area (Å²) < 4.78 is 2.96. The van der Waals surface area contributed by atoms with Crippen LogP contribution in [-0.4, -0.2) is 15.4 Å². The molecule has 0 fully saturated rings. The van der Waals surface area contributed by atoms with Crippen molar-refractivity contribution in [2.45, 2.75) is 19.9 Å². The SMILES string of the molecule is CCCn1c(=NC(=O)/C=C/c2cccc([N+](=O)[O-])c2)sc2cc(Cl)ccc21. The summed E-state index contributed by atoms with van der Waals surface area (Å²) in [5.74, 6) is -0.427. The Labute approximate surface area is 164 Å². The van der Waals surface area contributed by atoms with Crippen molar-refractivity contribution in [3.05, 3.63) is 74.0 Å². The largest absolute Gasteiger partial charge is 0.316 e. The van der Waals surface area contributed by atoms with E-state index in [-0.39, 0.29) is 5.69 Å². The van der Waals surface area contributed by atoms with Crippen LogP contribution in [0.5, 0.6) is 0 Å². The minimum absolute atomic E-state index is 0.0243. The minimum Gasteiger partial charge on any atom is -0.316 e. The number of hydrogen-bond acceptors (Lipinski definition) is 4. The molecule has 0 aliphatic heterocycles. The number of rotatable bonds is 5. The number of thiazole rings is 1. The Morgan fingerprint density at radius 1 is 1.33 bits per heavy atom. The van der Waals surface area contributed by atoms with Gasteiger partial charge in [-0.2, -0.15) is 4.99 Å². The molecule has 2 aromatic carbocycles. The third-order valence-corrected chi connectivity index (χ3v) is 5.07. The number of aryl methyl sites for hydroxylation is 1. The van der Waals surface area contributed by atoms with Gasteiger partial charge in [-0.05, 0) is 36.3 Å². The average Bonchev–Trinajstić information content (AvgIpc) is 2.97. The molecule has 0 radical (unpaired) electrons. The summed E-state index contributed by atoms with van der Waals surface area (Å²) in [6.45, 7) is 2.79. The van der Waals surface area contributed by atoms with E-state index in [9.17, 15) is 14.9 Å². The van der Waals surface area contributed by atoms with E-state index in [2.05, 4.69) is 11.9 Å². The van der Waals surface area contributed by atoms with Gasteiger partial charge in [-0.1, -0.05) is 42.0 Å². The van der Waals surface area contributed by atoms with Crippen molar-refractivity contribution in [3.63, 3.8) is 0 Å². The van der Waals surface area contributed by atoms with Gasteiger partial charge >= 0.3 is 0 Å². The van der Waals surface area contributed by atoms with Crippen LogP contribution in [0.3, 0.4) is 0 Å². The molecule has 0 aliphatic rings. The maximum atomic E-state index is 12.3. The fraction of sp³-hybridized carbons (Fsp3) is 0.158. The lowest BCUT2D eigenvalue weighted by molar-refractivity contribution is -0.384. The van der Waals surface area contributed by atoms with Gasteiger partial charge in [0.15, 0.2) is 4.80 Å². The van der Waals surface area contributed by atoms with Gasteiger partial charge in [0, 0.05) is 29.8 Å². The number of halogens is 1. The lowest BCUT2D eigenvalue weighted by Gasteiger charge is -2.02. The average molecular weight is 402 g/mol. The highest BCUT2D eigenvalue weighted by Gasteiger charge is 2.08. The first-order chi connectivity index (χ1) is 13.0.